The molecule has 0 aliphatic carbocycles. The molecule has 3 nitrogen and oxygen atoms in total. The van der Waals surface area contributed by atoms with Crippen molar-refractivity contribution in [2.45, 2.75) is 39.3 Å². The number of aromatic nitrogens is 2. The number of aliphatic hydroxyl groups is 1. The molecule has 1 heterocycles. The number of imidazole rings is 1. The van der Waals surface area contributed by atoms with E-state index in [0.29, 0.717) is 6.42 Å². The van der Waals surface area contributed by atoms with Crippen LogP contribution in [-0.2, 0) is 19.6 Å². The summed E-state index contributed by atoms with van der Waals surface area (Å²) in [5, 5.41) is 10.1. The predicted octanol–water partition coefficient (Wildman–Crippen LogP) is 3.42. The van der Waals surface area contributed by atoms with Gasteiger partial charge in [0, 0.05) is 18.0 Å². The van der Waals surface area contributed by atoms with Crippen LogP contribution in [-0.4, -0.2) is 14.7 Å². The van der Waals surface area contributed by atoms with E-state index in [9.17, 15) is 5.11 Å². The molecule has 0 aliphatic rings. The van der Waals surface area contributed by atoms with Crippen molar-refractivity contribution in [3.05, 3.63) is 52.6 Å². The Morgan fingerprint density at radius 1 is 1.32 bits per heavy atom. The van der Waals surface area contributed by atoms with Gasteiger partial charge in [-0.3, -0.25) is 0 Å². The highest BCUT2D eigenvalue weighted by Crippen LogP contribution is 2.19. The minimum Gasteiger partial charge on any atom is -0.390 e. The summed E-state index contributed by atoms with van der Waals surface area (Å²) < 4.78 is 2.10. The highest BCUT2D eigenvalue weighted by Gasteiger charge is 2.11. The predicted molar refractivity (Wildman–Crippen MR) is 77.3 cm³/mol. The van der Waals surface area contributed by atoms with Gasteiger partial charge in [0.15, 0.2) is 0 Å². The van der Waals surface area contributed by atoms with Crippen molar-refractivity contribution in [1.29, 1.82) is 0 Å². The van der Waals surface area contributed by atoms with Gasteiger partial charge in [0.25, 0.3) is 0 Å². The van der Waals surface area contributed by atoms with Gasteiger partial charge in [-0.25, -0.2) is 4.98 Å². The number of unbranched alkanes of at least 4 members (excludes halogenated alkanes) is 1. The number of rotatable bonds is 6. The fourth-order valence-corrected chi connectivity index (χ4v) is 2.32. The molecule has 19 heavy (non-hydrogen) atoms. The van der Waals surface area contributed by atoms with Gasteiger partial charge < -0.3 is 9.67 Å². The Morgan fingerprint density at radius 3 is 2.79 bits per heavy atom. The third kappa shape index (κ3) is 3.37. The molecule has 0 saturated carbocycles. The van der Waals surface area contributed by atoms with Crippen molar-refractivity contribution in [2.75, 3.05) is 0 Å². The lowest BCUT2D eigenvalue weighted by atomic mass is 10.1. The molecule has 1 aromatic heterocycles. The first-order valence-corrected chi connectivity index (χ1v) is 7.01. The molecule has 0 spiro atoms. The van der Waals surface area contributed by atoms with Crippen LogP contribution in [0, 0.1) is 0 Å². The van der Waals surface area contributed by atoms with Crippen LogP contribution in [0.25, 0.3) is 0 Å². The number of aliphatic hydroxyl groups excluding tert-OH is 1. The normalized spacial score (nSPS) is 10.9. The lowest BCUT2D eigenvalue weighted by molar-refractivity contribution is 0.269. The molecule has 2 rings (SSSR count). The number of nitrogens with zero attached hydrogens (tertiary/aromatic N) is 2. The van der Waals surface area contributed by atoms with Crippen LogP contribution >= 0.6 is 11.6 Å². The number of halogens is 1. The summed E-state index contributed by atoms with van der Waals surface area (Å²) in [5.41, 5.74) is 1.94. The van der Waals surface area contributed by atoms with Crippen LogP contribution in [0.4, 0.5) is 0 Å². The molecule has 0 fully saturated rings. The fourth-order valence-electron chi connectivity index (χ4n) is 2.12. The molecular weight excluding hydrogens is 260 g/mol. The zero-order valence-corrected chi connectivity index (χ0v) is 11.9. The van der Waals surface area contributed by atoms with E-state index >= 15 is 0 Å². The molecule has 0 aliphatic heterocycles. The Balaban J connectivity index is 2.24. The van der Waals surface area contributed by atoms with Crippen LogP contribution in [0.1, 0.15) is 36.8 Å². The van der Waals surface area contributed by atoms with Crippen molar-refractivity contribution in [3.8, 4) is 0 Å². The van der Waals surface area contributed by atoms with Gasteiger partial charge in [-0.2, -0.15) is 0 Å². The van der Waals surface area contributed by atoms with E-state index in [1.54, 1.807) is 6.20 Å². The average molecular weight is 279 g/mol. The van der Waals surface area contributed by atoms with Crippen molar-refractivity contribution < 1.29 is 5.11 Å². The first-order valence-electron chi connectivity index (χ1n) is 6.63. The third-order valence-electron chi connectivity index (χ3n) is 3.22. The van der Waals surface area contributed by atoms with Gasteiger partial charge >= 0.3 is 0 Å². The van der Waals surface area contributed by atoms with Gasteiger partial charge in [-0.15, -0.1) is 0 Å². The Hall–Kier alpha value is -1.32. The van der Waals surface area contributed by atoms with Gasteiger partial charge in [0.2, 0.25) is 0 Å². The third-order valence-corrected chi connectivity index (χ3v) is 3.59. The summed E-state index contributed by atoms with van der Waals surface area (Å²) in [6, 6.07) is 7.81. The Labute approximate surface area is 118 Å². The Morgan fingerprint density at radius 2 is 2.11 bits per heavy atom. The smallest absolute Gasteiger partial charge is 0.113 e. The Kier molecular flexibility index (Phi) is 5.00. The monoisotopic (exact) mass is 278 g/mol. The minimum atomic E-state index is 0.0270. The lowest BCUT2D eigenvalue weighted by Gasteiger charge is -2.11. The second-order valence-electron chi connectivity index (χ2n) is 4.60. The number of hydrogen-bond donors (Lipinski definition) is 1. The van der Waals surface area contributed by atoms with Gasteiger partial charge in [0.05, 0.1) is 18.5 Å². The van der Waals surface area contributed by atoms with E-state index in [1.807, 2.05) is 24.3 Å². The summed E-state index contributed by atoms with van der Waals surface area (Å²) >= 11 is 6.19. The summed E-state index contributed by atoms with van der Waals surface area (Å²) in [6.45, 7) is 3.08. The van der Waals surface area contributed by atoms with Gasteiger partial charge in [-0.05, 0) is 18.1 Å². The summed E-state index contributed by atoms with van der Waals surface area (Å²) in [5.74, 6) is 0.964. The van der Waals surface area contributed by atoms with E-state index in [-0.39, 0.29) is 6.61 Å². The molecule has 0 unspecified atom stereocenters. The van der Waals surface area contributed by atoms with Crippen LogP contribution < -0.4 is 0 Å². The second-order valence-corrected chi connectivity index (χ2v) is 5.00. The molecule has 1 N–H and O–H groups in total. The first kappa shape index (κ1) is 14.1. The molecule has 1 aromatic carbocycles. The van der Waals surface area contributed by atoms with Crippen LogP contribution in [0.5, 0.6) is 0 Å². The van der Waals surface area contributed by atoms with E-state index in [1.165, 1.54) is 0 Å². The van der Waals surface area contributed by atoms with Crippen LogP contribution in [0.3, 0.4) is 0 Å². The van der Waals surface area contributed by atoms with Crippen molar-refractivity contribution in [3.63, 3.8) is 0 Å². The zero-order valence-electron chi connectivity index (χ0n) is 11.1. The SMILES string of the molecule is CCCCn1c(CO)cnc1Cc1ccccc1Cl. The summed E-state index contributed by atoms with van der Waals surface area (Å²) in [7, 11) is 0. The molecule has 0 saturated heterocycles. The maximum atomic E-state index is 9.36. The summed E-state index contributed by atoms with van der Waals surface area (Å²) in [6.07, 6.45) is 4.65. The second kappa shape index (κ2) is 6.73. The molecule has 0 bridgehead atoms. The van der Waals surface area contributed by atoms with Crippen LogP contribution in [0.2, 0.25) is 5.02 Å². The van der Waals surface area contributed by atoms with Crippen molar-refractivity contribution in [2.24, 2.45) is 0 Å². The first-order chi connectivity index (χ1) is 9.26. The minimum absolute atomic E-state index is 0.0270. The van der Waals surface area contributed by atoms with E-state index < -0.39 is 0 Å². The highest BCUT2D eigenvalue weighted by molar-refractivity contribution is 6.31. The maximum absolute atomic E-state index is 9.36. The molecular formula is C15H19ClN2O. The van der Waals surface area contributed by atoms with E-state index in [0.717, 1.165) is 41.5 Å². The molecule has 4 heteroatoms. The highest BCUT2D eigenvalue weighted by atomic mass is 35.5. The molecule has 2 aromatic rings. The fraction of sp³-hybridized carbons (Fsp3) is 0.400. The molecule has 0 amide bonds. The largest absolute Gasteiger partial charge is 0.390 e. The quantitative estimate of drug-likeness (QED) is 0.879. The van der Waals surface area contributed by atoms with Gasteiger partial charge in [0.1, 0.15) is 5.82 Å². The van der Waals surface area contributed by atoms with Crippen LogP contribution in [0.15, 0.2) is 30.5 Å². The molecule has 102 valence electrons. The Bertz CT molecular complexity index is 537. The lowest BCUT2D eigenvalue weighted by Crippen LogP contribution is -2.08. The standard InChI is InChI=1S/C15H19ClN2O/c1-2-3-8-18-13(11-19)10-17-15(18)9-12-6-4-5-7-14(12)16/h4-7,10,19H,2-3,8-9,11H2,1H3. The molecule has 0 radical (unpaired) electrons. The van der Waals surface area contributed by atoms with E-state index in [2.05, 4.69) is 16.5 Å². The average Bonchev–Trinajstić information content (AvgIpc) is 2.81. The van der Waals surface area contributed by atoms with E-state index in [4.69, 9.17) is 11.6 Å². The topological polar surface area (TPSA) is 38.0 Å². The van der Waals surface area contributed by atoms with Crippen molar-refractivity contribution >= 4 is 11.6 Å². The maximum Gasteiger partial charge on any atom is 0.113 e. The van der Waals surface area contributed by atoms with Crippen molar-refractivity contribution in [1.82, 2.24) is 9.55 Å². The molecule has 0 atom stereocenters. The number of hydrogen-bond acceptors (Lipinski definition) is 2. The zero-order chi connectivity index (χ0) is 13.7. The summed E-state index contributed by atoms with van der Waals surface area (Å²) in [4.78, 5) is 4.42. The number of benzene rings is 1. The van der Waals surface area contributed by atoms with Gasteiger partial charge in [-0.1, -0.05) is 43.1 Å².